The molecule has 0 heterocycles. The van der Waals surface area contributed by atoms with Crippen molar-refractivity contribution in [2.75, 3.05) is 13.7 Å². The van der Waals surface area contributed by atoms with E-state index in [0.717, 1.165) is 19.3 Å². The SMILES string of the molecule is CCCCCCCC(=O)NC[C@H](NC(C)=O)C(=O)OC. The zero-order valence-corrected chi connectivity index (χ0v) is 12.7. The van der Waals surface area contributed by atoms with Gasteiger partial charge >= 0.3 is 5.97 Å². The van der Waals surface area contributed by atoms with Crippen LogP contribution in [0.15, 0.2) is 0 Å². The van der Waals surface area contributed by atoms with Crippen molar-refractivity contribution in [1.29, 1.82) is 0 Å². The number of carbonyl (C=O) groups excluding carboxylic acids is 3. The van der Waals surface area contributed by atoms with E-state index in [0.29, 0.717) is 6.42 Å². The molecule has 6 nitrogen and oxygen atoms in total. The van der Waals surface area contributed by atoms with Crippen LogP contribution in [-0.2, 0) is 19.1 Å². The van der Waals surface area contributed by atoms with E-state index in [1.54, 1.807) is 0 Å². The first-order valence-corrected chi connectivity index (χ1v) is 7.12. The van der Waals surface area contributed by atoms with E-state index < -0.39 is 12.0 Å². The Bertz CT molecular complexity index is 318. The summed E-state index contributed by atoms with van der Waals surface area (Å²) in [6, 6.07) is -0.832. The third-order valence-corrected chi connectivity index (χ3v) is 2.87. The zero-order chi connectivity index (χ0) is 15.4. The molecule has 0 aromatic rings. The van der Waals surface area contributed by atoms with Gasteiger partial charge in [-0.3, -0.25) is 9.59 Å². The number of unbranched alkanes of at least 4 members (excludes halogenated alkanes) is 4. The van der Waals surface area contributed by atoms with Gasteiger partial charge in [0.1, 0.15) is 6.04 Å². The van der Waals surface area contributed by atoms with Crippen molar-refractivity contribution in [3.63, 3.8) is 0 Å². The Balaban J connectivity index is 3.92. The van der Waals surface area contributed by atoms with Crippen molar-refractivity contribution < 1.29 is 19.1 Å². The molecule has 20 heavy (non-hydrogen) atoms. The van der Waals surface area contributed by atoms with Crippen LogP contribution >= 0.6 is 0 Å². The third-order valence-electron chi connectivity index (χ3n) is 2.87. The molecule has 0 fully saturated rings. The summed E-state index contributed by atoms with van der Waals surface area (Å²) in [5.74, 6) is -1.02. The van der Waals surface area contributed by atoms with E-state index in [4.69, 9.17) is 0 Å². The Morgan fingerprint density at radius 1 is 1.10 bits per heavy atom. The second kappa shape index (κ2) is 11.3. The van der Waals surface area contributed by atoms with Crippen LogP contribution in [-0.4, -0.2) is 37.5 Å². The number of nitrogens with one attached hydrogen (secondary N) is 2. The molecule has 2 N–H and O–H groups in total. The van der Waals surface area contributed by atoms with Crippen LogP contribution in [0.2, 0.25) is 0 Å². The summed E-state index contributed by atoms with van der Waals surface area (Å²) in [5.41, 5.74) is 0. The van der Waals surface area contributed by atoms with Crippen molar-refractivity contribution in [2.45, 2.75) is 58.4 Å². The number of hydrogen-bond donors (Lipinski definition) is 2. The average Bonchev–Trinajstić information content (AvgIpc) is 2.41. The maximum Gasteiger partial charge on any atom is 0.330 e. The highest BCUT2D eigenvalue weighted by Crippen LogP contribution is 2.04. The Kier molecular flexibility index (Phi) is 10.4. The van der Waals surface area contributed by atoms with E-state index in [9.17, 15) is 14.4 Å². The third kappa shape index (κ3) is 9.35. The molecule has 0 aliphatic rings. The lowest BCUT2D eigenvalue weighted by molar-refractivity contribution is -0.144. The second-order valence-corrected chi connectivity index (χ2v) is 4.74. The van der Waals surface area contributed by atoms with Crippen molar-refractivity contribution in [3.05, 3.63) is 0 Å². The number of rotatable bonds is 10. The van der Waals surface area contributed by atoms with Crippen molar-refractivity contribution in [1.82, 2.24) is 10.6 Å². The topological polar surface area (TPSA) is 84.5 Å². The molecule has 0 spiro atoms. The average molecular weight is 286 g/mol. The number of hydrogen-bond acceptors (Lipinski definition) is 4. The molecule has 0 saturated heterocycles. The number of amides is 2. The summed E-state index contributed by atoms with van der Waals surface area (Å²) < 4.78 is 4.57. The van der Waals surface area contributed by atoms with Crippen molar-refractivity contribution >= 4 is 17.8 Å². The highest BCUT2D eigenvalue weighted by molar-refractivity contribution is 5.84. The predicted octanol–water partition coefficient (Wildman–Crippen LogP) is 1.14. The largest absolute Gasteiger partial charge is 0.467 e. The van der Waals surface area contributed by atoms with Gasteiger partial charge in [-0.05, 0) is 6.42 Å². The lowest BCUT2D eigenvalue weighted by Crippen LogP contribution is -2.48. The smallest absolute Gasteiger partial charge is 0.330 e. The number of carbonyl (C=O) groups is 3. The maximum atomic E-state index is 11.6. The fraction of sp³-hybridized carbons (Fsp3) is 0.786. The highest BCUT2D eigenvalue weighted by Gasteiger charge is 2.20. The number of methoxy groups -OCH3 is 1. The summed E-state index contributed by atoms with van der Waals surface area (Å²) >= 11 is 0. The van der Waals surface area contributed by atoms with Gasteiger partial charge < -0.3 is 15.4 Å². The quantitative estimate of drug-likeness (QED) is 0.466. The molecule has 0 radical (unpaired) electrons. The van der Waals surface area contributed by atoms with E-state index in [1.165, 1.54) is 26.9 Å². The number of ether oxygens (including phenoxy) is 1. The zero-order valence-electron chi connectivity index (χ0n) is 12.7. The first kappa shape index (κ1) is 18.4. The van der Waals surface area contributed by atoms with Crippen molar-refractivity contribution in [3.8, 4) is 0 Å². The van der Waals surface area contributed by atoms with Crippen LogP contribution in [0.25, 0.3) is 0 Å². The predicted molar refractivity (Wildman–Crippen MR) is 76.0 cm³/mol. The molecule has 0 rings (SSSR count). The Morgan fingerprint density at radius 2 is 1.75 bits per heavy atom. The molecule has 1 atom stereocenters. The molecule has 0 aliphatic carbocycles. The molecule has 0 bridgehead atoms. The van der Waals surface area contributed by atoms with Crippen LogP contribution in [0.1, 0.15) is 52.4 Å². The van der Waals surface area contributed by atoms with Gasteiger partial charge in [-0.1, -0.05) is 32.6 Å². The molecule has 0 aliphatic heterocycles. The molecule has 6 heteroatoms. The van der Waals surface area contributed by atoms with Gasteiger partial charge in [0, 0.05) is 19.9 Å². The second-order valence-electron chi connectivity index (χ2n) is 4.74. The summed E-state index contributed by atoms with van der Waals surface area (Å²) in [6.45, 7) is 3.51. The van der Waals surface area contributed by atoms with Crippen LogP contribution in [0.3, 0.4) is 0 Å². The van der Waals surface area contributed by atoms with Gasteiger partial charge in [0.25, 0.3) is 0 Å². The molecular weight excluding hydrogens is 260 g/mol. The highest BCUT2D eigenvalue weighted by atomic mass is 16.5. The standard InChI is InChI=1S/C14H26N2O4/c1-4-5-6-7-8-9-13(18)15-10-12(14(19)20-3)16-11(2)17/h12H,4-10H2,1-3H3,(H,15,18)(H,16,17)/t12-/m0/s1. The van der Waals surface area contributed by atoms with Crippen LogP contribution < -0.4 is 10.6 Å². The Hall–Kier alpha value is -1.59. The van der Waals surface area contributed by atoms with E-state index >= 15 is 0 Å². The fourth-order valence-corrected chi connectivity index (χ4v) is 1.77. The minimum atomic E-state index is -0.832. The Labute approximate surface area is 120 Å². The minimum Gasteiger partial charge on any atom is -0.467 e. The molecule has 0 saturated carbocycles. The van der Waals surface area contributed by atoms with E-state index in [-0.39, 0.29) is 18.4 Å². The summed E-state index contributed by atoms with van der Waals surface area (Å²) in [7, 11) is 1.24. The molecule has 0 aromatic heterocycles. The Morgan fingerprint density at radius 3 is 2.30 bits per heavy atom. The van der Waals surface area contributed by atoms with E-state index in [1.807, 2.05) is 0 Å². The van der Waals surface area contributed by atoms with E-state index in [2.05, 4.69) is 22.3 Å². The molecule has 2 amide bonds. The molecular formula is C14H26N2O4. The summed E-state index contributed by atoms with van der Waals surface area (Å²) in [6.07, 6.45) is 5.82. The van der Waals surface area contributed by atoms with Gasteiger partial charge in [0.2, 0.25) is 11.8 Å². The van der Waals surface area contributed by atoms with Crippen LogP contribution in [0.5, 0.6) is 0 Å². The summed E-state index contributed by atoms with van der Waals surface area (Å²) in [5, 5.41) is 5.08. The van der Waals surface area contributed by atoms with Gasteiger partial charge in [0.15, 0.2) is 0 Å². The lowest BCUT2D eigenvalue weighted by atomic mass is 10.1. The molecule has 0 unspecified atom stereocenters. The molecule has 0 aromatic carbocycles. The number of esters is 1. The van der Waals surface area contributed by atoms with Gasteiger partial charge in [-0.25, -0.2) is 4.79 Å². The summed E-state index contributed by atoms with van der Waals surface area (Å²) in [4.78, 5) is 34.0. The molecule has 116 valence electrons. The van der Waals surface area contributed by atoms with Gasteiger partial charge in [-0.15, -0.1) is 0 Å². The maximum absolute atomic E-state index is 11.6. The first-order chi connectivity index (χ1) is 9.51. The van der Waals surface area contributed by atoms with Crippen LogP contribution in [0.4, 0.5) is 0 Å². The monoisotopic (exact) mass is 286 g/mol. The van der Waals surface area contributed by atoms with Gasteiger partial charge in [-0.2, -0.15) is 0 Å². The van der Waals surface area contributed by atoms with Gasteiger partial charge in [0.05, 0.1) is 7.11 Å². The minimum absolute atomic E-state index is 0.0556. The lowest BCUT2D eigenvalue weighted by Gasteiger charge is -2.16. The first-order valence-electron chi connectivity index (χ1n) is 7.12. The van der Waals surface area contributed by atoms with Crippen LogP contribution in [0, 0.1) is 0 Å². The fourth-order valence-electron chi connectivity index (χ4n) is 1.77. The van der Waals surface area contributed by atoms with Crippen molar-refractivity contribution in [2.24, 2.45) is 0 Å². The normalized spacial score (nSPS) is 11.6.